The van der Waals surface area contributed by atoms with E-state index in [0.717, 1.165) is 4.74 Å². The van der Waals surface area contributed by atoms with Crippen LogP contribution in [0.4, 0.5) is 0 Å². The molecule has 0 saturated carbocycles. The molecule has 0 fully saturated rings. The van der Waals surface area contributed by atoms with Gasteiger partial charge in [0.25, 0.3) is 11.4 Å². The van der Waals surface area contributed by atoms with E-state index in [1.165, 1.54) is 0 Å². The van der Waals surface area contributed by atoms with Crippen molar-refractivity contribution in [1.82, 2.24) is 5.16 Å². The molecule has 1 aromatic heterocycles. The number of quaternary nitrogens is 1. The SMILES string of the molecule is C[C@]1([NH3+])C[C@]2(O)C(=[N+]1[O-])CCc1c2no[n+]1[O-]. The van der Waals surface area contributed by atoms with Gasteiger partial charge in [-0.1, -0.05) is 0 Å². The van der Waals surface area contributed by atoms with Crippen LogP contribution in [0.1, 0.15) is 31.2 Å². The Balaban J connectivity index is 2.22. The molecule has 92 valence electrons. The Morgan fingerprint density at radius 2 is 2.18 bits per heavy atom. The Bertz CT molecular complexity index is 535. The predicted molar refractivity (Wildman–Crippen MR) is 52.2 cm³/mol. The summed E-state index contributed by atoms with van der Waals surface area (Å²) in [6.07, 6.45) is 0.773. The Hall–Kier alpha value is -1.67. The van der Waals surface area contributed by atoms with Crippen molar-refractivity contribution in [2.45, 2.75) is 37.5 Å². The van der Waals surface area contributed by atoms with Crippen LogP contribution >= 0.6 is 0 Å². The van der Waals surface area contributed by atoms with Crippen LogP contribution in [0.25, 0.3) is 0 Å². The summed E-state index contributed by atoms with van der Waals surface area (Å²) in [4.78, 5) is 0.290. The van der Waals surface area contributed by atoms with Crippen LogP contribution in [0.2, 0.25) is 0 Å². The van der Waals surface area contributed by atoms with Crippen molar-refractivity contribution in [3.05, 3.63) is 21.8 Å². The third kappa shape index (κ3) is 1.11. The van der Waals surface area contributed by atoms with Gasteiger partial charge < -0.3 is 15.5 Å². The fourth-order valence-electron chi connectivity index (χ4n) is 2.77. The molecule has 0 bridgehead atoms. The molecule has 2 heterocycles. The van der Waals surface area contributed by atoms with Gasteiger partial charge in [-0.2, -0.15) is 4.74 Å². The largest absolute Gasteiger partial charge is 0.619 e. The molecular weight excluding hydrogens is 228 g/mol. The van der Waals surface area contributed by atoms with Gasteiger partial charge in [0, 0.05) is 18.0 Å². The summed E-state index contributed by atoms with van der Waals surface area (Å²) < 4.78 is 5.23. The summed E-state index contributed by atoms with van der Waals surface area (Å²) in [5.41, 5.74) is 2.10. The summed E-state index contributed by atoms with van der Waals surface area (Å²) in [6.45, 7) is 1.65. The van der Waals surface area contributed by atoms with Gasteiger partial charge in [-0.15, -0.1) is 0 Å². The highest BCUT2D eigenvalue weighted by molar-refractivity contribution is 5.91. The van der Waals surface area contributed by atoms with Gasteiger partial charge in [0.1, 0.15) is 6.42 Å². The first-order valence-electron chi connectivity index (χ1n) is 5.37. The van der Waals surface area contributed by atoms with Gasteiger partial charge >= 0.3 is 0 Å². The van der Waals surface area contributed by atoms with Crippen LogP contribution in [0.5, 0.6) is 0 Å². The molecule has 1 aromatic rings. The van der Waals surface area contributed by atoms with Crippen molar-refractivity contribution in [2.75, 3.05) is 0 Å². The van der Waals surface area contributed by atoms with Gasteiger partial charge in [0.15, 0.2) is 0 Å². The van der Waals surface area contributed by atoms with E-state index < -0.39 is 11.3 Å². The molecule has 17 heavy (non-hydrogen) atoms. The van der Waals surface area contributed by atoms with Crippen LogP contribution in [0, 0.1) is 10.4 Å². The van der Waals surface area contributed by atoms with Crippen molar-refractivity contribution < 1.29 is 25.1 Å². The normalized spacial score (nSPS) is 35.9. The van der Waals surface area contributed by atoms with Crippen LogP contribution < -0.4 is 10.6 Å². The highest BCUT2D eigenvalue weighted by Gasteiger charge is 2.64. The van der Waals surface area contributed by atoms with E-state index in [1.54, 1.807) is 6.92 Å². The second-order valence-electron chi connectivity index (χ2n) is 5.00. The number of hydrogen-bond acceptors (Lipinski definition) is 5. The van der Waals surface area contributed by atoms with Crippen molar-refractivity contribution in [2.24, 2.45) is 0 Å². The number of rotatable bonds is 0. The molecule has 4 N–H and O–H groups in total. The van der Waals surface area contributed by atoms with E-state index >= 15 is 0 Å². The van der Waals surface area contributed by atoms with Crippen molar-refractivity contribution in [3.8, 4) is 0 Å². The number of nitrogens with zero attached hydrogens (tertiary/aromatic N) is 3. The zero-order chi connectivity index (χ0) is 12.4. The average molecular weight is 241 g/mol. The van der Waals surface area contributed by atoms with Crippen molar-refractivity contribution in [3.63, 3.8) is 0 Å². The summed E-state index contributed by atoms with van der Waals surface area (Å²) in [6, 6.07) is 0. The van der Waals surface area contributed by atoms with Crippen LogP contribution in [-0.4, -0.2) is 26.4 Å². The smallest absolute Gasteiger partial charge is 0.294 e. The maximum Gasteiger partial charge on any atom is 0.294 e. The molecule has 1 aliphatic heterocycles. The molecule has 8 nitrogen and oxygen atoms in total. The molecule has 0 spiro atoms. The quantitative estimate of drug-likeness (QED) is 0.392. The van der Waals surface area contributed by atoms with Crippen molar-refractivity contribution in [1.29, 1.82) is 0 Å². The summed E-state index contributed by atoms with van der Waals surface area (Å²) in [5.74, 6) is 0. The lowest BCUT2D eigenvalue weighted by Gasteiger charge is -2.19. The Labute approximate surface area is 96.1 Å². The first kappa shape index (κ1) is 10.5. The third-order valence-electron chi connectivity index (χ3n) is 3.54. The highest BCUT2D eigenvalue weighted by Crippen LogP contribution is 2.40. The predicted octanol–water partition coefficient (Wildman–Crippen LogP) is -2.25. The molecular formula is C9H13N4O4+. The van der Waals surface area contributed by atoms with E-state index in [9.17, 15) is 15.5 Å². The highest BCUT2D eigenvalue weighted by atomic mass is 16.8. The molecule has 3 rings (SSSR count). The van der Waals surface area contributed by atoms with E-state index in [1.807, 2.05) is 0 Å². The number of fused-ring (bicyclic) bond motifs is 3. The number of aromatic nitrogens is 2. The molecule has 1 aliphatic carbocycles. The minimum Gasteiger partial charge on any atom is -0.619 e. The minimum absolute atomic E-state index is 0.109. The molecule has 8 heteroatoms. The average Bonchev–Trinajstić information content (AvgIpc) is 2.67. The van der Waals surface area contributed by atoms with Crippen molar-refractivity contribution >= 4 is 5.71 Å². The van der Waals surface area contributed by atoms with Gasteiger partial charge in [0.05, 0.1) is 6.92 Å². The Morgan fingerprint density at radius 3 is 2.88 bits per heavy atom. The molecule has 2 atom stereocenters. The summed E-state index contributed by atoms with van der Waals surface area (Å²) >= 11 is 0. The number of hydrogen-bond donors (Lipinski definition) is 2. The number of aliphatic hydroxyl groups is 1. The zero-order valence-electron chi connectivity index (χ0n) is 9.34. The fourth-order valence-corrected chi connectivity index (χ4v) is 2.77. The molecule has 0 saturated heterocycles. The zero-order valence-corrected chi connectivity index (χ0v) is 9.34. The Morgan fingerprint density at radius 1 is 1.47 bits per heavy atom. The molecule has 2 aliphatic rings. The maximum absolute atomic E-state index is 12.0. The molecule has 0 amide bonds. The first-order chi connectivity index (χ1) is 7.86. The van der Waals surface area contributed by atoms with Crippen LogP contribution in [0.3, 0.4) is 0 Å². The van der Waals surface area contributed by atoms with Gasteiger partial charge in [-0.25, -0.2) is 0 Å². The second-order valence-corrected chi connectivity index (χ2v) is 5.00. The fraction of sp³-hybridized carbons (Fsp3) is 0.667. The maximum atomic E-state index is 12.0. The first-order valence-corrected chi connectivity index (χ1v) is 5.37. The monoisotopic (exact) mass is 241 g/mol. The van der Waals surface area contributed by atoms with E-state index in [2.05, 4.69) is 15.5 Å². The van der Waals surface area contributed by atoms with E-state index in [-0.39, 0.29) is 17.0 Å². The molecule has 0 unspecified atom stereocenters. The third-order valence-corrected chi connectivity index (χ3v) is 3.54. The van der Waals surface area contributed by atoms with Crippen LogP contribution in [-0.2, 0) is 12.0 Å². The van der Waals surface area contributed by atoms with Gasteiger partial charge in [-0.3, -0.25) is 10.4 Å². The van der Waals surface area contributed by atoms with Gasteiger partial charge in [-0.05, 0) is 4.90 Å². The molecule has 0 radical (unpaired) electrons. The van der Waals surface area contributed by atoms with E-state index in [0.29, 0.717) is 24.2 Å². The standard InChI is InChI=1S/C9H12N4O4/c1-8(10)4-9(14)6(12(8)15)3-2-5-7(9)11-17-13(5)16/h14H,2-4,10H2,1H3/p+1/t8-,9+/m1/s1. The second kappa shape index (κ2) is 2.77. The number of hydroxylamine groups is 1. The summed E-state index contributed by atoms with van der Waals surface area (Å²) in [5, 5.41) is 37.5. The minimum atomic E-state index is -1.51. The lowest BCUT2D eigenvalue weighted by atomic mass is 9.81. The van der Waals surface area contributed by atoms with E-state index in [4.69, 9.17) is 0 Å². The lowest BCUT2D eigenvalue weighted by Crippen LogP contribution is -2.74. The summed E-state index contributed by atoms with van der Waals surface area (Å²) in [7, 11) is 0. The van der Waals surface area contributed by atoms with Crippen LogP contribution in [0.15, 0.2) is 4.63 Å². The van der Waals surface area contributed by atoms with Gasteiger partial charge in [0.2, 0.25) is 17.0 Å². The Kier molecular flexibility index (Phi) is 1.71. The topological polar surface area (TPSA) is 127 Å². The molecule has 0 aromatic carbocycles. The lowest BCUT2D eigenvalue weighted by molar-refractivity contribution is -0.808.